The van der Waals surface area contributed by atoms with Gasteiger partial charge < -0.3 is 15.3 Å². The van der Waals surface area contributed by atoms with Gasteiger partial charge in [0, 0.05) is 50.8 Å². The Labute approximate surface area is 173 Å². The molecule has 2 aliphatic rings. The van der Waals surface area contributed by atoms with E-state index >= 15 is 0 Å². The van der Waals surface area contributed by atoms with Crippen LogP contribution in [0.3, 0.4) is 0 Å². The summed E-state index contributed by atoms with van der Waals surface area (Å²) in [5, 5.41) is 13.5. The summed E-state index contributed by atoms with van der Waals surface area (Å²) in [4.78, 5) is 14.7. The van der Waals surface area contributed by atoms with Crippen molar-refractivity contribution in [2.24, 2.45) is 0 Å². The Kier molecular flexibility index (Phi) is 7.71. The van der Waals surface area contributed by atoms with Crippen LogP contribution < -0.4 is 10.2 Å². The second-order valence-electron chi connectivity index (χ2n) is 7.71. The Hall–Kier alpha value is -1.63. The van der Waals surface area contributed by atoms with Gasteiger partial charge in [-0.3, -0.25) is 4.90 Å². The van der Waals surface area contributed by atoms with E-state index in [1.54, 1.807) is 0 Å². The van der Waals surface area contributed by atoms with Crippen molar-refractivity contribution in [2.45, 2.75) is 44.6 Å². The molecule has 1 saturated heterocycles. The normalized spacial score (nSPS) is 18.8. The molecule has 2 heterocycles. The number of nitrogens with zero attached hydrogens (tertiary/aromatic N) is 4. The van der Waals surface area contributed by atoms with Crippen molar-refractivity contribution in [3.63, 3.8) is 0 Å². The lowest BCUT2D eigenvalue weighted by Gasteiger charge is -2.40. The number of benzene rings is 1. The van der Waals surface area contributed by atoms with Gasteiger partial charge in [-0.15, -0.1) is 12.4 Å². The van der Waals surface area contributed by atoms with E-state index in [1.165, 1.54) is 32.1 Å². The van der Waals surface area contributed by atoms with E-state index in [4.69, 9.17) is 15.1 Å². The fourth-order valence-electron chi connectivity index (χ4n) is 4.36. The predicted molar refractivity (Wildman–Crippen MR) is 118 cm³/mol. The van der Waals surface area contributed by atoms with Crippen LogP contribution in [0.25, 0.3) is 10.9 Å². The van der Waals surface area contributed by atoms with E-state index in [9.17, 15) is 0 Å². The van der Waals surface area contributed by atoms with Gasteiger partial charge in [-0.2, -0.15) is 4.98 Å². The average molecular weight is 406 g/mol. The smallest absolute Gasteiger partial charge is 0.227 e. The van der Waals surface area contributed by atoms with Gasteiger partial charge in [0.2, 0.25) is 5.95 Å². The van der Waals surface area contributed by atoms with Gasteiger partial charge in [-0.1, -0.05) is 31.4 Å². The third-order valence-corrected chi connectivity index (χ3v) is 5.91. The molecule has 0 spiro atoms. The second kappa shape index (κ2) is 10.2. The fourth-order valence-corrected chi connectivity index (χ4v) is 4.36. The minimum Gasteiger partial charge on any atom is -0.396 e. The van der Waals surface area contributed by atoms with Crippen LogP contribution in [0.15, 0.2) is 24.3 Å². The average Bonchev–Trinajstić information content (AvgIpc) is 2.74. The van der Waals surface area contributed by atoms with Crippen LogP contribution in [0.4, 0.5) is 11.8 Å². The Morgan fingerprint density at radius 3 is 2.50 bits per heavy atom. The zero-order valence-electron chi connectivity index (χ0n) is 16.5. The molecule has 1 aliphatic heterocycles. The molecule has 154 valence electrons. The quantitative estimate of drug-likeness (QED) is 0.719. The third-order valence-electron chi connectivity index (χ3n) is 5.91. The monoisotopic (exact) mass is 405 g/mol. The molecule has 2 N–H and O–H groups in total. The second-order valence-corrected chi connectivity index (χ2v) is 7.71. The Morgan fingerprint density at radius 1 is 1.00 bits per heavy atom. The molecule has 2 aromatic rings. The number of para-hydroxylation sites is 1. The van der Waals surface area contributed by atoms with Crippen molar-refractivity contribution in [1.82, 2.24) is 14.9 Å². The van der Waals surface area contributed by atoms with E-state index in [0.29, 0.717) is 13.0 Å². The first-order chi connectivity index (χ1) is 13.3. The highest BCUT2D eigenvalue weighted by Crippen LogP contribution is 2.26. The number of aliphatic hydroxyl groups excluding tert-OH is 1. The van der Waals surface area contributed by atoms with Crippen molar-refractivity contribution in [1.29, 1.82) is 0 Å². The zero-order chi connectivity index (χ0) is 18.5. The minimum absolute atomic E-state index is 0. The van der Waals surface area contributed by atoms with Crippen molar-refractivity contribution >= 4 is 35.1 Å². The topological polar surface area (TPSA) is 64.5 Å². The Morgan fingerprint density at radius 2 is 1.75 bits per heavy atom. The molecule has 4 rings (SSSR count). The zero-order valence-corrected chi connectivity index (χ0v) is 17.3. The van der Waals surface area contributed by atoms with Crippen LogP contribution in [-0.2, 0) is 0 Å². The van der Waals surface area contributed by atoms with E-state index in [1.807, 2.05) is 12.1 Å². The van der Waals surface area contributed by atoms with Crippen molar-refractivity contribution < 1.29 is 5.11 Å². The van der Waals surface area contributed by atoms with E-state index in [2.05, 4.69) is 27.2 Å². The van der Waals surface area contributed by atoms with Crippen LogP contribution in [0, 0.1) is 0 Å². The standard InChI is InChI=1S/C21H31N5O.ClH/c27-16-6-11-22-20-18-9-4-5-10-19(18)23-21(24-20)26-14-12-25(13-15-26)17-7-2-1-3-8-17;/h4-5,9-10,17,27H,1-3,6-8,11-16H2,(H,22,23,24);1H. The highest BCUT2D eigenvalue weighted by atomic mass is 35.5. The summed E-state index contributed by atoms with van der Waals surface area (Å²) in [6.45, 7) is 5.09. The molecule has 28 heavy (non-hydrogen) atoms. The van der Waals surface area contributed by atoms with E-state index in [-0.39, 0.29) is 19.0 Å². The largest absolute Gasteiger partial charge is 0.396 e. The molecule has 1 aromatic heterocycles. The summed E-state index contributed by atoms with van der Waals surface area (Å²) in [5.41, 5.74) is 0.976. The lowest BCUT2D eigenvalue weighted by molar-refractivity contribution is 0.147. The van der Waals surface area contributed by atoms with Gasteiger partial charge >= 0.3 is 0 Å². The number of hydrogen-bond acceptors (Lipinski definition) is 6. The van der Waals surface area contributed by atoms with E-state index in [0.717, 1.165) is 54.9 Å². The first-order valence-corrected chi connectivity index (χ1v) is 10.5. The van der Waals surface area contributed by atoms with Gasteiger partial charge in [-0.05, 0) is 31.4 Å². The van der Waals surface area contributed by atoms with Crippen LogP contribution in [0.2, 0.25) is 0 Å². The van der Waals surface area contributed by atoms with Gasteiger partial charge in [0.25, 0.3) is 0 Å². The number of halogens is 1. The van der Waals surface area contributed by atoms with Gasteiger partial charge in [0.1, 0.15) is 5.82 Å². The number of aliphatic hydroxyl groups is 1. The number of anilines is 2. The van der Waals surface area contributed by atoms with Crippen LogP contribution in [0.1, 0.15) is 38.5 Å². The highest BCUT2D eigenvalue weighted by molar-refractivity contribution is 5.90. The molecule has 1 saturated carbocycles. The number of piperazine rings is 1. The van der Waals surface area contributed by atoms with Crippen LogP contribution in [0.5, 0.6) is 0 Å². The molecule has 0 radical (unpaired) electrons. The van der Waals surface area contributed by atoms with Crippen molar-refractivity contribution in [3.05, 3.63) is 24.3 Å². The number of aromatic nitrogens is 2. The summed E-state index contributed by atoms with van der Waals surface area (Å²) in [6.07, 6.45) is 7.64. The van der Waals surface area contributed by atoms with Crippen LogP contribution >= 0.6 is 12.4 Å². The summed E-state index contributed by atoms with van der Waals surface area (Å²) in [6, 6.07) is 8.94. The molecule has 0 amide bonds. The summed E-state index contributed by atoms with van der Waals surface area (Å²) in [5.74, 6) is 1.70. The van der Waals surface area contributed by atoms with Gasteiger partial charge in [-0.25, -0.2) is 4.98 Å². The summed E-state index contributed by atoms with van der Waals surface area (Å²) >= 11 is 0. The molecular weight excluding hydrogens is 374 g/mol. The molecular formula is C21H32ClN5O. The Bertz CT molecular complexity index is 745. The lowest BCUT2D eigenvalue weighted by Crippen LogP contribution is -2.51. The van der Waals surface area contributed by atoms with Gasteiger partial charge in [0.15, 0.2) is 0 Å². The lowest BCUT2D eigenvalue weighted by atomic mass is 9.94. The first-order valence-electron chi connectivity index (χ1n) is 10.5. The highest BCUT2D eigenvalue weighted by Gasteiger charge is 2.26. The minimum atomic E-state index is 0. The summed E-state index contributed by atoms with van der Waals surface area (Å²) < 4.78 is 0. The number of fused-ring (bicyclic) bond motifs is 1. The maximum absolute atomic E-state index is 9.06. The number of hydrogen-bond donors (Lipinski definition) is 2. The predicted octanol–water partition coefficient (Wildman–Crippen LogP) is 3.30. The number of nitrogens with one attached hydrogen (secondary N) is 1. The van der Waals surface area contributed by atoms with E-state index < -0.39 is 0 Å². The molecule has 0 unspecified atom stereocenters. The maximum atomic E-state index is 9.06. The molecule has 1 aromatic carbocycles. The van der Waals surface area contributed by atoms with Crippen LogP contribution in [-0.4, -0.2) is 65.3 Å². The third kappa shape index (κ3) is 4.85. The van der Waals surface area contributed by atoms with Crippen molar-refractivity contribution in [2.75, 3.05) is 49.5 Å². The fraction of sp³-hybridized carbons (Fsp3) is 0.619. The molecule has 7 heteroatoms. The first kappa shape index (κ1) is 21.1. The molecule has 0 atom stereocenters. The maximum Gasteiger partial charge on any atom is 0.227 e. The summed E-state index contributed by atoms with van der Waals surface area (Å²) in [7, 11) is 0. The Balaban J connectivity index is 0.00000225. The molecule has 6 nitrogen and oxygen atoms in total. The molecule has 0 bridgehead atoms. The van der Waals surface area contributed by atoms with Crippen molar-refractivity contribution in [3.8, 4) is 0 Å². The molecule has 2 fully saturated rings. The molecule has 1 aliphatic carbocycles. The van der Waals surface area contributed by atoms with Gasteiger partial charge in [0.05, 0.1) is 5.52 Å². The SMILES string of the molecule is Cl.OCCCNc1nc(N2CCN(C3CCCCC3)CC2)nc2ccccc12. The number of rotatable bonds is 6.